The average molecular weight is 285 g/mol. The Morgan fingerprint density at radius 3 is 2.67 bits per heavy atom. The zero-order valence-electron chi connectivity index (χ0n) is 10.5. The summed E-state index contributed by atoms with van der Waals surface area (Å²) in [6, 6.07) is 4.95. The maximum atomic E-state index is 12.1. The Kier molecular flexibility index (Phi) is 5.56. The van der Waals surface area contributed by atoms with Crippen LogP contribution in [0.15, 0.2) is 18.2 Å². The minimum atomic E-state index is -0.267. The number of hydrogen-bond acceptors (Lipinski definition) is 2. The molecule has 0 fully saturated rings. The molecule has 3 nitrogen and oxygen atoms in total. The van der Waals surface area contributed by atoms with Gasteiger partial charge in [-0.15, -0.1) is 0 Å². The van der Waals surface area contributed by atoms with Crippen LogP contribution in [0.4, 0.5) is 0 Å². The van der Waals surface area contributed by atoms with Crippen molar-refractivity contribution in [3.63, 3.8) is 0 Å². The predicted molar refractivity (Wildman–Crippen MR) is 79.1 cm³/mol. The van der Waals surface area contributed by atoms with E-state index in [2.05, 4.69) is 5.32 Å². The van der Waals surface area contributed by atoms with Gasteiger partial charge in [-0.05, 0) is 37.1 Å². The molecule has 0 saturated heterocycles. The number of nitrogens with two attached hydrogens (primary N) is 1. The summed E-state index contributed by atoms with van der Waals surface area (Å²) < 4.78 is 0. The Bertz CT molecular complexity index is 442. The van der Waals surface area contributed by atoms with Crippen LogP contribution >= 0.6 is 23.8 Å². The Labute approximate surface area is 118 Å². The van der Waals surface area contributed by atoms with Gasteiger partial charge in [0.25, 0.3) is 5.91 Å². The Morgan fingerprint density at radius 1 is 1.50 bits per heavy atom. The molecule has 1 aromatic rings. The molecule has 0 aliphatic rings. The minimum absolute atomic E-state index is 0.202. The highest BCUT2D eigenvalue weighted by atomic mass is 35.5. The summed E-state index contributed by atoms with van der Waals surface area (Å²) in [7, 11) is 0. The summed E-state index contributed by atoms with van der Waals surface area (Å²) >= 11 is 10.9. The summed E-state index contributed by atoms with van der Waals surface area (Å²) in [6.07, 6.45) is 1.64. The van der Waals surface area contributed by atoms with Crippen LogP contribution in [0, 0.1) is 6.92 Å². The first-order chi connectivity index (χ1) is 8.43. The van der Waals surface area contributed by atoms with Crippen LogP contribution in [0.25, 0.3) is 0 Å². The Balaban J connectivity index is 2.83. The zero-order chi connectivity index (χ0) is 13.7. The number of carbonyl (C=O) groups is 1. The third kappa shape index (κ3) is 4.27. The van der Waals surface area contributed by atoms with E-state index in [1.54, 1.807) is 18.2 Å². The summed E-state index contributed by atoms with van der Waals surface area (Å²) in [5.74, 6) is -0.202. The molecular formula is C13H17ClN2OS. The van der Waals surface area contributed by atoms with Gasteiger partial charge in [0.05, 0.1) is 11.0 Å². The van der Waals surface area contributed by atoms with Crippen molar-refractivity contribution in [2.75, 3.05) is 0 Å². The fourth-order valence-corrected chi connectivity index (χ4v) is 2.15. The molecule has 3 N–H and O–H groups in total. The van der Waals surface area contributed by atoms with Crippen molar-refractivity contribution < 1.29 is 4.79 Å². The monoisotopic (exact) mass is 284 g/mol. The maximum absolute atomic E-state index is 12.1. The smallest absolute Gasteiger partial charge is 0.251 e. The normalized spacial score (nSPS) is 11.9. The molecule has 5 heteroatoms. The highest BCUT2D eigenvalue weighted by Crippen LogP contribution is 2.14. The van der Waals surface area contributed by atoms with E-state index >= 15 is 0 Å². The summed E-state index contributed by atoms with van der Waals surface area (Å²) in [4.78, 5) is 12.4. The molecule has 0 heterocycles. The largest absolute Gasteiger partial charge is 0.392 e. The third-order valence-corrected chi connectivity index (χ3v) is 3.03. The quantitative estimate of drug-likeness (QED) is 0.818. The molecule has 1 rings (SSSR count). The molecule has 0 aliphatic heterocycles. The van der Waals surface area contributed by atoms with Gasteiger partial charge in [0.2, 0.25) is 0 Å². The van der Waals surface area contributed by atoms with Crippen molar-refractivity contribution in [1.82, 2.24) is 5.32 Å². The first-order valence-corrected chi connectivity index (χ1v) is 6.60. The van der Waals surface area contributed by atoms with Gasteiger partial charge < -0.3 is 11.1 Å². The van der Waals surface area contributed by atoms with E-state index in [1.807, 2.05) is 13.8 Å². The Morgan fingerprint density at radius 2 is 2.17 bits per heavy atom. The fourth-order valence-electron chi connectivity index (χ4n) is 1.68. The molecule has 0 aliphatic carbocycles. The molecule has 0 saturated carbocycles. The van der Waals surface area contributed by atoms with E-state index in [0.717, 1.165) is 18.4 Å². The van der Waals surface area contributed by atoms with Gasteiger partial charge in [0.1, 0.15) is 0 Å². The summed E-state index contributed by atoms with van der Waals surface area (Å²) in [5.41, 5.74) is 7.06. The van der Waals surface area contributed by atoms with Crippen LogP contribution < -0.4 is 11.1 Å². The van der Waals surface area contributed by atoms with Crippen molar-refractivity contribution in [1.29, 1.82) is 0 Å². The lowest BCUT2D eigenvalue weighted by Gasteiger charge is -2.16. The summed E-state index contributed by atoms with van der Waals surface area (Å²) in [5, 5.41) is 3.37. The van der Waals surface area contributed by atoms with Gasteiger partial charge in [-0.3, -0.25) is 4.79 Å². The molecule has 1 aromatic carbocycles. The van der Waals surface area contributed by atoms with Crippen LogP contribution in [0.5, 0.6) is 0 Å². The minimum Gasteiger partial charge on any atom is -0.392 e. The van der Waals surface area contributed by atoms with Gasteiger partial charge in [0, 0.05) is 10.6 Å². The second-order valence-corrected chi connectivity index (χ2v) is 5.14. The van der Waals surface area contributed by atoms with Gasteiger partial charge in [0.15, 0.2) is 0 Å². The van der Waals surface area contributed by atoms with Gasteiger partial charge in [-0.1, -0.05) is 37.2 Å². The zero-order valence-corrected chi connectivity index (χ0v) is 12.1. The van der Waals surface area contributed by atoms with E-state index < -0.39 is 0 Å². The number of hydrogen-bond donors (Lipinski definition) is 2. The van der Waals surface area contributed by atoms with Gasteiger partial charge in [-0.25, -0.2) is 0 Å². The van der Waals surface area contributed by atoms with Crippen LogP contribution in [-0.2, 0) is 0 Å². The van der Waals surface area contributed by atoms with Crippen molar-refractivity contribution in [2.24, 2.45) is 5.73 Å². The second kappa shape index (κ2) is 6.71. The van der Waals surface area contributed by atoms with E-state index in [0.29, 0.717) is 15.6 Å². The Hall–Kier alpha value is -1.13. The number of thiocarbonyl (C=S) groups is 1. The third-order valence-electron chi connectivity index (χ3n) is 2.53. The topological polar surface area (TPSA) is 55.1 Å². The molecule has 0 aromatic heterocycles. The van der Waals surface area contributed by atoms with E-state index in [9.17, 15) is 4.79 Å². The molecule has 1 amide bonds. The van der Waals surface area contributed by atoms with Gasteiger partial charge in [-0.2, -0.15) is 0 Å². The van der Waals surface area contributed by atoms with Gasteiger partial charge >= 0.3 is 0 Å². The molecule has 0 bridgehead atoms. The van der Waals surface area contributed by atoms with Crippen LogP contribution in [0.2, 0.25) is 5.02 Å². The predicted octanol–water partition coefficient (Wildman–Crippen LogP) is 2.83. The molecule has 0 spiro atoms. The fraction of sp³-hybridized carbons (Fsp3) is 0.385. The highest BCUT2D eigenvalue weighted by molar-refractivity contribution is 7.80. The van der Waals surface area contributed by atoms with Crippen molar-refractivity contribution in [3.05, 3.63) is 34.3 Å². The second-order valence-electron chi connectivity index (χ2n) is 4.23. The first kappa shape index (κ1) is 14.9. The highest BCUT2D eigenvalue weighted by Gasteiger charge is 2.15. The number of benzene rings is 1. The average Bonchev–Trinajstić information content (AvgIpc) is 2.26. The molecule has 1 unspecified atom stereocenters. The molecule has 18 heavy (non-hydrogen) atoms. The lowest BCUT2D eigenvalue weighted by Crippen LogP contribution is -2.43. The van der Waals surface area contributed by atoms with Crippen LogP contribution in [0.1, 0.15) is 35.7 Å². The van der Waals surface area contributed by atoms with E-state index in [1.165, 1.54) is 0 Å². The summed E-state index contributed by atoms with van der Waals surface area (Å²) in [6.45, 7) is 3.90. The van der Waals surface area contributed by atoms with Crippen molar-refractivity contribution in [3.8, 4) is 0 Å². The maximum Gasteiger partial charge on any atom is 0.251 e. The first-order valence-electron chi connectivity index (χ1n) is 5.81. The van der Waals surface area contributed by atoms with Crippen molar-refractivity contribution >= 4 is 34.7 Å². The van der Waals surface area contributed by atoms with E-state index in [-0.39, 0.29) is 11.9 Å². The van der Waals surface area contributed by atoms with Crippen LogP contribution in [-0.4, -0.2) is 16.9 Å². The number of aryl methyl sites for hydroxylation is 1. The lowest BCUT2D eigenvalue weighted by atomic mass is 10.1. The standard InChI is InChI=1S/C13H17ClN2OS/c1-3-4-11(12(15)18)16-13(17)9-5-8(2)6-10(14)7-9/h5-7,11H,3-4H2,1-2H3,(H2,15,18)(H,16,17). The molecule has 98 valence electrons. The van der Waals surface area contributed by atoms with E-state index in [4.69, 9.17) is 29.6 Å². The number of amides is 1. The van der Waals surface area contributed by atoms with Crippen molar-refractivity contribution in [2.45, 2.75) is 32.7 Å². The SMILES string of the molecule is CCCC(NC(=O)c1cc(C)cc(Cl)c1)C(N)=S. The number of rotatable bonds is 5. The molecule has 0 radical (unpaired) electrons. The number of nitrogens with one attached hydrogen (secondary N) is 1. The lowest BCUT2D eigenvalue weighted by molar-refractivity contribution is 0.0945. The number of carbonyl (C=O) groups excluding carboxylic acids is 1. The molecule has 1 atom stereocenters. The van der Waals surface area contributed by atoms with Crippen LogP contribution in [0.3, 0.4) is 0 Å². The molecular weight excluding hydrogens is 268 g/mol. The number of halogens is 1.